The van der Waals surface area contributed by atoms with Gasteiger partial charge in [-0.25, -0.2) is 0 Å². The fourth-order valence-electron chi connectivity index (χ4n) is 2.68. The highest BCUT2D eigenvalue weighted by Crippen LogP contribution is 2.30. The number of H-pyrrole nitrogens is 1. The van der Waals surface area contributed by atoms with Crippen molar-refractivity contribution in [1.29, 1.82) is 0 Å². The third-order valence-corrected chi connectivity index (χ3v) is 3.66. The first-order chi connectivity index (χ1) is 9.84. The fourth-order valence-corrected chi connectivity index (χ4v) is 2.68. The Labute approximate surface area is 118 Å². The van der Waals surface area contributed by atoms with E-state index < -0.39 is 0 Å². The van der Waals surface area contributed by atoms with Crippen LogP contribution in [0.2, 0.25) is 0 Å². The van der Waals surface area contributed by atoms with Gasteiger partial charge in [-0.05, 0) is 37.1 Å². The van der Waals surface area contributed by atoms with Crippen molar-refractivity contribution in [3.05, 3.63) is 54.4 Å². The molecule has 1 aliphatic rings. The van der Waals surface area contributed by atoms with Crippen molar-refractivity contribution >= 4 is 5.91 Å². The maximum absolute atomic E-state index is 12.3. The molecular weight excluding hydrogens is 252 g/mol. The number of hydrogen-bond donors (Lipinski definition) is 1. The SMILES string of the molecule is O=C(COc1ccccc1)N1CCC[C@H]1c1ccc[nH]1. The van der Waals surface area contributed by atoms with Gasteiger partial charge in [0.15, 0.2) is 6.61 Å². The highest BCUT2D eigenvalue weighted by molar-refractivity contribution is 5.78. The first kappa shape index (κ1) is 12.8. The molecule has 2 aromatic rings. The summed E-state index contributed by atoms with van der Waals surface area (Å²) in [6.45, 7) is 0.905. The largest absolute Gasteiger partial charge is 0.484 e. The summed E-state index contributed by atoms with van der Waals surface area (Å²) in [5.74, 6) is 0.780. The average molecular weight is 270 g/mol. The third-order valence-electron chi connectivity index (χ3n) is 3.66. The molecule has 4 heteroatoms. The predicted molar refractivity (Wildman–Crippen MR) is 76.4 cm³/mol. The van der Waals surface area contributed by atoms with Crippen LogP contribution in [0.25, 0.3) is 0 Å². The lowest BCUT2D eigenvalue weighted by molar-refractivity contribution is -0.134. The first-order valence-corrected chi connectivity index (χ1v) is 6.95. The molecule has 0 spiro atoms. The Morgan fingerprint density at radius 2 is 2.10 bits per heavy atom. The van der Waals surface area contributed by atoms with Crippen LogP contribution < -0.4 is 4.74 Å². The summed E-state index contributed by atoms with van der Waals surface area (Å²) in [5, 5.41) is 0. The number of nitrogens with one attached hydrogen (secondary N) is 1. The van der Waals surface area contributed by atoms with E-state index in [4.69, 9.17) is 4.74 Å². The average Bonchev–Trinajstić information content (AvgIpc) is 3.15. The van der Waals surface area contributed by atoms with Crippen LogP contribution in [0, 0.1) is 0 Å². The third kappa shape index (κ3) is 2.69. The smallest absolute Gasteiger partial charge is 0.261 e. The number of hydrogen-bond acceptors (Lipinski definition) is 2. The zero-order chi connectivity index (χ0) is 13.8. The van der Waals surface area contributed by atoms with Crippen molar-refractivity contribution in [2.24, 2.45) is 0 Å². The molecule has 1 saturated heterocycles. The number of carbonyl (C=O) groups is 1. The van der Waals surface area contributed by atoms with Crippen LogP contribution in [0.3, 0.4) is 0 Å². The van der Waals surface area contributed by atoms with Crippen LogP contribution in [0.5, 0.6) is 5.75 Å². The second-order valence-electron chi connectivity index (χ2n) is 4.97. The lowest BCUT2D eigenvalue weighted by atomic mass is 10.1. The molecule has 1 aromatic heterocycles. The molecule has 0 aliphatic carbocycles. The summed E-state index contributed by atoms with van der Waals surface area (Å²) >= 11 is 0. The van der Waals surface area contributed by atoms with Gasteiger partial charge in [-0.3, -0.25) is 4.79 Å². The summed E-state index contributed by atoms with van der Waals surface area (Å²) in [4.78, 5) is 17.4. The van der Waals surface area contributed by atoms with Gasteiger partial charge in [-0.1, -0.05) is 18.2 Å². The highest BCUT2D eigenvalue weighted by Gasteiger charge is 2.30. The Morgan fingerprint density at radius 3 is 2.85 bits per heavy atom. The molecule has 1 fully saturated rings. The van der Waals surface area contributed by atoms with E-state index >= 15 is 0 Å². The lowest BCUT2D eigenvalue weighted by Gasteiger charge is -2.24. The molecule has 1 amide bonds. The minimum atomic E-state index is 0.0472. The van der Waals surface area contributed by atoms with Crippen LogP contribution in [0.1, 0.15) is 24.6 Å². The Balaban J connectivity index is 1.62. The second kappa shape index (κ2) is 5.82. The Hall–Kier alpha value is -2.23. The van der Waals surface area contributed by atoms with E-state index in [1.165, 1.54) is 0 Å². The van der Waals surface area contributed by atoms with E-state index in [1.807, 2.05) is 53.6 Å². The summed E-state index contributed by atoms with van der Waals surface area (Å²) in [6.07, 6.45) is 3.95. The van der Waals surface area contributed by atoms with Gasteiger partial charge in [-0.15, -0.1) is 0 Å². The Morgan fingerprint density at radius 1 is 1.25 bits per heavy atom. The van der Waals surface area contributed by atoms with Crippen molar-refractivity contribution in [3.63, 3.8) is 0 Å². The zero-order valence-corrected chi connectivity index (χ0v) is 11.3. The maximum atomic E-state index is 12.3. The normalized spacial score (nSPS) is 18.2. The fraction of sp³-hybridized carbons (Fsp3) is 0.312. The molecule has 1 aromatic carbocycles. The predicted octanol–water partition coefficient (Wildman–Crippen LogP) is 2.76. The van der Waals surface area contributed by atoms with E-state index in [-0.39, 0.29) is 18.6 Å². The molecule has 1 N–H and O–H groups in total. The molecule has 4 nitrogen and oxygen atoms in total. The monoisotopic (exact) mass is 270 g/mol. The number of carbonyl (C=O) groups excluding carboxylic acids is 1. The molecular formula is C16H18N2O2. The minimum Gasteiger partial charge on any atom is -0.484 e. The molecule has 2 heterocycles. The number of nitrogens with zero attached hydrogens (tertiary/aromatic N) is 1. The topological polar surface area (TPSA) is 45.3 Å². The van der Waals surface area contributed by atoms with Crippen LogP contribution in [-0.4, -0.2) is 28.9 Å². The van der Waals surface area contributed by atoms with Gasteiger partial charge in [0.25, 0.3) is 5.91 Å². The van der Waals surface area contributed by atoms with Crippen molar-refractivity contribution in [2.45, 2.75) is 18.9 Å². The van der Waals surface area contributed by atoms with Crippen LogP contribution in [-0.2, 0) is 4.79 Å². The molecule has 104 valence electrons. The van der Waals surface area contributed by atoms with Crippen molar-refractivity contribution in [1.82, 2.24) is 9.88 Å². The number of aromatic nitrogens is 1. The molecule has 1 atom stereocenters. The van der Waals surface area contributed by atoms with Crippen LogP contribution in [0.15, 0.2) is 48.7 Å². The van der Waals surface area contributed by atoms with Crippen molar-refractivity contribution in [2.75, 3.05) is 13.2 Å². The molecule has 0 unspecified atom stereocenters. The highest BCUT2D eigenvalue weighted by atomic mass is 16.5. The number of benzene rings is 1. The molecule has 0 radical (unpaired) electrons. The van der Waals surface area contributed by atoms with E-state index in [2.05, 4.69) is 4.98 Å². The summed E-state index contributed by atoms with van der Waals surface area (Å²) in [5.41, 5.74) is 1.11. The van der Waals surface area contributed by atoms with Gasteiger partial charge >= 0.3 is 0 Å². The van der Waals surface area contributed by atoms with Crippen LogP contribution in [0.4, 0.5) is 0 Å². The number of rotatable bonds is 4. The van der Waals surface area contributed by atoms with Gasteiger partial charge in [0, 0.05) is 18.4 Å². The van der Waals surface area contributed by atoms with E-state index in [9.17, 15) is 4.79 Å². The quantitative estimate of drug-likeness (QED) is 0.928. The Kier molecular flexibility index (Phi) is 3.72. The van der Waals surface area contributed by atoms with Gasteiger partial charge in [0.05, 0.1) is 6.04 Å². The molecule has 20 heavy (non-hydrogen) atoms. The number of para-hydroxylation sites is 1. The maximum Gasteiger partial charge on any atom is 0.261 e. The standard InChI is InChI=1S/C16H18N2O2/c19-16(12-20-13-6-2-1-3-7-13)18-11-5-9-15(18)14-8-4-10-17-14/h1-4,6-8,10,15,17H,5,9,11-12H2/t15-/m0/s1. The van der Waals surface area contributed by atoms with Gasteiger partial charge in [-0.2, -0.15) is 0 Å². The number of aromatic amines is 1. The molecule has 0 bridgehead atoms. The van der Waals surface area contributed by atoms with Gasteiger partial charge in [0.1, 0.15) is 5.75 Å². The Bertz CT molecular complexity index is 551. The zero-order valence-electron chi connectivity index (χ0n) is 11.3. The summed E-state index contributed by atoms with van der Waals surface area (Å²) < 4.78 is 5.54. The summed E-state index contributed by atoms with van der Waals surface area (Å²) in [6, 6.07) is 13.6. The van der Waals surface area contributed by atoms with E-state index in [0.717, 1.165) is 30.8 Å². The summed E-state index contributed by atoms with van der Waals surface area (Å²) in [7, 11) is 0. The molecule has 3 rings (SSSR count). The van der Waals surface area contributed by atoms with Crippen molar-refractivity contribution < 1.29 is 9.53 Å². The van der Waals surface area contributed by atoms with Gasteiger partial charge in [0.2, 0.25) is 0 Å². The van der Waals surface area contributed by atoms with Gasteiger partial charge < -0.3 is 14.6 Å². The number of amides is 1. The number of ether oxygens (including phenoxy) is 1. The lowest BCUT2D eigenvalue weighted by Crippen LogP contribution is -2.34. The van der Waals surface area contributed by atoms with Crippen LogP contribution >= 0.6 is 0 Å². The molecule has 0 saturated carbocycles. The number of likely N-dealkylation sites (tertiary alicyclic amines) is 1. The minimum absolute atomic E-state index is 0.0472. The molecule has 1 aliphatic heterocycles. The second-order valence-corrected chi connectivity index (χ2v) is 4.97. The van der Waals surface area contributed by atoms with Crippen molar-refractivity contribution in [3.8, 4) is 5.75 Å². The first-order valence-electron chi connectivity index (χ1n) is 6.95. The van der Waals surface area contributed by atoms with E-state index in [1.54, 1.807) is 0 Å². The van der Waals surface area contributed by atoms with E-state index in [0.29, 0.717) is 0 Å².